The predicted octanol–water partition coefficient (Wildman–Crippen LogP) is -0.808. The highest BCUT2D eigenvalue weighted by molar-refractivity contribution is 5.05. The lowest BCUT2D eigenvalue weighted by Crippen LogP contribution is -2.40. The van der Waals surface area contributed by atoms with Gasteiger partial charge in [-0.15, -0.1) is 0 Å². The van der Waals surface area contributed by atoms with Crippen molar-refractivity contribution < 1.29 is 5.11 Å². The van der Waals surface area contributed by atoms with Crippen LogP contribution in [0.1, 0.15) is 19.4 Å². The maximum absolute atomic E-state index is 11.8. The summed E-state index contributed by atoms with van der Waals surface area (Å²) in [5, 5.41) is 12.2. The highest BCUT2D eigenvalue weighted by atomic mass is 16.3. The molecule has 6 heteroatoms. The van der Waals surface area contributed by atoms with Crippen LogP contribution < -0.4 is 16.6 Å². The van der Waals surface area contributed by atoms with Crippen molar-refractivity contribution in [1.29, 1.82) is 0 Å². The predicted molar refractivity (Wildman–Crippen MR) is 69.5 cm³/mol. The van der Waals surface area contributed by atoms with E-state index in [0.717, 1.165) is 4.57 Å². The molecule has 2 N–H and O–H groups in total. The number of aromatic nitrogens is 2. The molecule has 0 bridgehead atoms. The number of hydrogen-bond acceptors (Lipinski definition) is 4. The Morgan fingerprint density at radius 2 is 1.94 bits per heavy atom. The smallest absolute Gasteiger partial charge is 0.330 e. The SMILES string of the molecule is Cn1cc(CNCC(C)(C)CO)c(=O)n(C)c1=O. The third-order valence-electron chi connectivity index (χ3n) is 2.86. The fourth-order valence-electron chi connectivity index (χ4n) is 1.60. The Balaban J connectivity index is 2.82. The summed E-state index contributed by atoms with van der Waals surface area (Å²) in [6.45, 7) is 4.91. The minimum atomic E-state index is -0.334. The molecule has 102 valence electrons. The number of nitrogens with zero attached hydrogens (tertiary/aromatic N) is 2. The van der Waals surface area contributed by atoms with E-state index >= 15 is 0 Å². The molecule has 0 aliphatic heterocycles. The van der Waals surface area contributed by atoms with Gasteiger partial charge in [0.25, 0.3) is 5.56 Å². The van der Waals surface area contributed by atoms with Gasteiger partial charge in [-0.25, -0.2) is 4.79 Å². The molecule has 0 saturated carbocycles. The van der Waals surface area contributed by atoms with E-state index in [2.05, 4.69) is 5.32 Å². The first-order valence-electron chi connectivity index (χ1n) is 5.85. The third-order valence-corrected chi connectivity index (χ3v) is 2.86. The molecule has 0 amide bonds. The lowest BCUT2D eigenvalue weighted by Gasteiger charge is -2.21. The zero-order valence-electron chi connectivity index (χ0n) is 11.4. The summed E-state index contributed by atoms with van der Waals surface area (Å²) >= 11 is 0. The minimum Gasteiger partial charge on any atom is -0.396 e. The molecule has 1 aromatic rings. The van der Waals surface area contributed by atoms with Gasteiger partial charge in [0.2, 0.25) is 0 Å². The van der Waals surface area contributed by atoms with Crippen molar-refractivity contribution >= 4 is 0 Å². The van der Waals surface area contributed by atoms with Crippen LogP contribution >= 0.6 is 0 Å². The molecule has 0 spiro atoms. The van der Waals surface area contributed by atoms with Crippen molar-refractivity contribution in [3.8, 4) is 0 Å². The first kappa shape index (κ1) is 14.7. The van der Waals surface area contributed by atoms with Crippen molar-refractivity contribution in [2.75, 3.05) is 13.2 Å². The van der Waals surface area contributed by atoms with Crippen LogP contribution in [0.3, 0.4) is 0 Å². The standard InChI is InChI=1S/C12H21N3O3/c1-12(2,8-16)7-13-5-9-6-14(3)11(18)15(4)10(9)17/h6,13,16H,5,7-8H2,1-4H3. The quantitative estimate of drug-likeness (QED) is 0.721. The Morgan fingerprint density at radius 3 is 2.50 bits per heavy atom. The molecular weight excluding hydrogens is 234 g/mol. The van der Waals surface area contributed by atoms with E-state index < -0.39 is 0 Å². The van der Waals surface area contributed by atoms with E-state index in [4.69, 9.17) is 5.11 Å². The van der Waals surface area contributed by atoms with Gasteiger partial charge in [-0.05, 0) is 0 Å². The fourth-order valence-corrected chi connectivity index (χ4v) is 1.60. The lowest BCUT2D eigenvalue weighted by molar-refractivity contribution is 0.156. The molecule has 1 aromatic heterocycles. The van der Waals surface area contributed by atoms with Gasteiger partial charge < -0.3 is 15.0 Å². The summed E-state index contributed by atoms with van der Waals surface area (Å²) < 4.78 is 2.48. The van der Waals surface area contributed by atoms with Gasteiger partial charge in [0.05, 0.1) is 0 Å². The summed E-state index contributed by atoms with van der Waals surface area (Å²) in [4.78, 5) is 23.3. The Bertz CT molecular complexity index is 528. The Hall–Kier alpha value is -1.40. The van der Waals surface area contributed by atoms with E-state index in [1.807, 2.05) is 13.8 Å². The molecular formula is C12H21N3O3. The molecule has 0 unspecified atom stereocenters. The summed E-state index contributed by atoms with van der Waals surface area (Å²) in [6.07, 6.45) is 1.55. The van der Waals surface area contributed by atoms with Gasteiger partial charge in [0.1, 0.15) is 0 Å². The minimum absolute atomic E-state index is 0.0747. The first-order chi connectivity index (χ1) is 8.28. The topological polar surface area (TPSA) is 76.3 Å². The van der Waals surface area contributed by atoms with Crippen molar-refractivity contribution in [1.82, 2.24) is 14.5 Å². The van der Waals surface area contributed by atoms with Gasteiger partial charge in [-0.3, -0.25) is 9.36 Å². The Labute approximate surface area is 106 Å². The number of aryl methyl sites for hydroxylation is 1. The fraction of sp³-hybridized carbons (Fsp3) is 0.667. The summed E-state index contributed by atoms with van der Waals surface area (Å²) in [7, 11) is 3.08. The highest BCUT2D eigenvalue weighted by Gasteiger charge is 2.16. The lowest BCUT2D eigenvalue weighted by atomic mass is 9.95. The summed E-state index contributed by atoms with van der Waals surface area (Å²) in [6, 6.07) is 0. The van der Waals surface area contributed by atoms with E-state index in [-0.39, 0.29) is 23.3 Å². The molecule has 0 aromatic carbocycles. The molecule has 1 heterocycles. The molecule has 0 aliphatic rings. The molecule has 0 saturated heterocycles. The van der Waals surface area contributed by atoms with Crippen molar-refractivity contribution in [2.24, 2.45) is 19.5 Å². The van der Waals surface area contributed by atoms with E-state index in [1.165, 1.54) is 11.6 Å². The first-order valence-corrected chi connectivity index (χ1v) is 5.85. The van der Waals surface area contributed by atoms with Gasteiger partial charge in [-0.1, -0.05) is 13.8 Å². The monoisotopic (exact) mass is 255 g/mol. The molecule has 0 radical (unpaired) electrons. The van der Waals surface area contributed by atoms with Crippen LogP contribution in [0.25, 0.3) is 0 Å². The number of nitrogens with one attached hydrogen (secondary N) is 1. The second-order valence-corrected chi connectivity index (χ2v) is 5.34. The zero-order chi connectivity index (χ0) is 13.9. The molecule has 0 aliphatic carbocycles. The van der Waals surface area contributed by atoms with Crippen LogP contribution in [0.4, 0.5) is 0 Å². The molecule has 0 fully saturated rings. The summed E-state index contributed by atoms with van der Waals surface area (Å²) in [5.74, 6) is 0. The largest absolute Gasteiger partial charge is 0.396 e. The second kappa shape index (κ2) is 5.49. The zero-order valence-corrected chi connectivity index (χ0v) is 11.4. The maximum Gasteiger partial charge on any atom is 0.330 e. The van der Waals surface area contributed by atoms with Crippen LogP contribution in [0.5, 0.6) is 0 Å². The Kier molecular flexibility index (Phi) is 4.48. The number of aliphatic hydroxyl groups excluding tert-OH is 1. The molecule has 18 heavy (non-hydrogen) atoms. The van der Waals surface area contributed by atoms with Gasteiger partial charge in [-0.2, -0.15) is 0 Å². The van der Waals surface area contributed by atoms with Gasteiger partial charge in [0.15, 0.2) is 0 Å². The summed E-state index contributed by atoms with van der Waals surface area (Å²) in [5.41, 5.74) is -0.313. The molecule has 1 rings (SSSR count). The third kappa shape index (κ3) is 3.30. The van der Waals surface area contributed by atoms with E-state index in [9.17, 15) is 9.59 Å². The normalized spacial score (nSPS) is 11.8. The van der Waals surface area contributed by atoms with Crippen molar-refractivity contribution in [2.45, 2.75) is 20.4 Å². The van der Waals surface area contributed by atoms with Crippen LogP contribution in [-0.2, 0) is 20.6 Å². The number of hydrogen-bond donors (Lipinski definition) is 2. The average molecular weight is 255 g/mol. The maximum atomic E-state index is 11.8. The van der Waals surface area contributed by atoms with E-state index in [1.54, 1.807) is 13.2 Å². The van der Waals surface area contributed by atoms with E-state index in [0.29, 0.717) is 18.7 Å². The van der Waals surface area contributed by atoms with Gasteiger partial charge >= 0.3 is 5.69 Å². The molecule has 0 atom stereocenters. The van der Waals surface area contributed by atoms with Crippen LogP contribution in [0.15, 0.2) is 15.8 Å². The van der Waals surface area contributed by atoms with Crippen molar-refractivity contribution in [3.63, 3.8) is 0 Å². The van der Waals surface area contributed by atoms with Crippen LogP contribution in [-0.4, -0.2) is 27.4 Å². The highest BCUT2D eigenvalue weighted by Crippen LogP contribution is 2.11. The van der Waals surface area contributed by atoms with Crippen LogP contribution in [0.2, 0.25) is 0 Å². The van der Waals surface area contributed by atoms with Crippen molar-refractivity contribution in [3.05, 3.63) is 32.6 Å². The number of aliphatic hydroxyl groups is 1. The Morgan fingerprint density at radius 1 is 1.33 bits per heavy atom. The number of rotatable bonds is 5. The second-order valence-electron chi connectivity index (χ2n) is 5.34. The van der Waals surface area contributed by atoms with Gasteiger partial charge in [0, 0.05) is 51.0 Å². The average Bonchev–Trinajstić information content (AvgIpc) is 2.33. The molecule has 6 nitrogen and oxygen atoms in total. The van der Waals surface area contributed by atoms with Crippen LogP contribution in [0, 0.1) is 5.41 Å².